The van der Waals surface area contributed by atoms with Gasteiger partial charge in [-0.3, -0.25) is 19.8 Å². The fourth-order valence-corrected chi connectivity index (χ4v) is 10.7. The van der Waals surface area contributed by atoms with Gasteiger partial charge in [-0.15, -0.1) is 0 Å². The highest BCUT2D eigenvalue weighted by Crippen LogP contribution is 2.44. The van der Waals surface area contributed by atoms with E-state index in [4.69, 9.17) is 21.1 Å². The van der Waals surface area contributed by atoms with Crippen molar-refractivity contribution in [3.8, 4) is 17.2 Å². The number of aromatic amines is 1. The number of amides is 1. The second kappa shape index (κ2) is 19.1. The molecule has 2 saturated heterocycles. The number of anilines is 2. The molecule has 0 saturated carbocycles. The van der Waals surface area contributed by atoms with Crippen molar-refractivity contribution in [1.82, 2.24) is 29.4 Å². The van der Waals surface area contributed by atoms with Crippen molar-refractivity contribution >= 4 is 61.2 Å². The fraction of sp³-hybridized carbons (Fsp3) is 0.429. The van der Waals surface area contributed by atoms with Crippen LogP contribution in [0.3, 0.4) is 0 Å². The van der Waals surface area contributed by atoms with Crippen LogP contribution in [0.2, 0.25) is 5.02 Å². The number of sulfonamides is 1. The van der Waals surface area contributed by atoms with Gasteiger partial charge >= 0.3 is 0 Å². The van der Waals surface area contributed by atoms with Crippen LogP contribution in [0.15, 0.2) is 89.6 Å². The third kappa shape index (κ3) is 10.6. The van der Waals surface area contributed by atoms with Crippen LogP contribution in [0.5, 0.6) is 17.2 Å². The molecule has 0 spiro atoms. The molecule has 4 aliphatic rings. The number of allylic oxidation sites excluding steroid dienone is 1. The molecule has 3 aromatic carbocycles. The molecule has 9 rings (SSSR count). The standard InChI is InChI=1S/C49H58ClN9O7S/c1-32-29-56(18-17-55(32)4)16-13-37-31-65-45-26-40(25-43(59(61)62)46(45)53-37)67(63,64)54-48(60)41-10-9-38(24-44(41)66-39-23-34-12-15-51-47(34)52-28-39)58-21-19-57(20-22-58)30-35-11-14-49(2,3)27-42(35)33-5-7-36(50)8-6-33/h5-10,12,15,23-26,28,32,37,53H,11,13-14,16-22,27,29-31H2,1-4H3,(H,51,52)(H,54,60)/t32-,37+/m0/s1. The molecule has 0 unspecified atom stereocenters. The molecule has 2 aromatic heterocycles. The second-order valence-electron chi connectivity index (χ2n) is 19.1. The number of likely N-dealkylation sites (N-methyl/N-ethyl adjacent to an activating group) is 1. The summed E-state index contributed by atoms with van der Waals surface area (Å²) in [7, 11) is -2.54. The van der Waals surface area contributed by atoms with Gasteiger partial charge in [-0.05, 0) is 92.6 Å². The molecular weight excluding hydrogens is 894 g/mol. The normalized spacial score (nSPS) is 20.5. The summed E-state index contributed by atoms with van der Waals surface area (Å²) in [6.07, 6.45) is 7.15. The van der Waals surface area contributed by atoms with E-state index in [-0.39, 0.29) is 40.8 Å². The zero-order valence-corrected chi connectivity index (χ0v) is 40.0. The van der Waals surface area contributed by atoms with E-state index in [0.29, 0.717) is 23.9 Å². The largest absolute Gasteiger partial charge is 0.489 e. The van der Waals surface area contributed by atoms with Gasteiger partial charge in [-0.1, -0.05) is 43.2 Å². The van der Waals surface area contributed by atoms with Gasteiger partial charge in [-0.25, -0.2) is 18.1 Å². The minimum Gasteiger partial charge on any atom is -0.489 e. The van der Waals surface area contributed by atoms with Gasteiger partial charge in [-0.2, -0.15) is 0 Å². The molecule has 18 heteroatoms. The van der Waals surface area contributed by atoms with E-state index in [1.54, 1.807) is 30.5 Å². The van der Waals surface area contributed by atoms with E-state index < -0.39 is 31.4 Å². The van der Waals surface area contributed by atoms with Crippen LogP contribution < -0.4 is 24.4 Å². The smallest absolute Gasteiger partial charge is 0.297 e. The number of H-pyrrole nitrogens is 1. The van der Waals surface area contributed by atoms with Crippen LogP contribution in [-0.2, 0) is 10.0 Å². The maximum atomic E-state index is 14.1. The molecule has 3 N–H and O–H groups in total. The summed E-state index contributed by atoms with van der Waals surface area (Å²) in [5.41, 5.74) is 5.37. The number of halogens is 1. The van der Waals surface area contributed by atoms with Gasteiger partial charge in [0.05, 0.1) is 27.6 Å². The Labute approximate surface area is 396 Å². The predicted octanol–water partition coefficient (Wildman–Crippen LogP) is 8.02. The van der Waals surface area contributed by atoms with E-state index in [1.807, 2.05) is 18.2 Å². The fourth-order valence-electron chi connectivity index (χ4n) is 9.61. The minimum absolute atomic E-state index is 0.0222. The Balaban J connectivity index is 0.919. The second-order valence-corrected chi connectivity index (χ2v) is 21.3. The number of pyridine rings is 1. The Morgan fingerprint density at radius 3 is 2.57 bits per heavy atom. The molecule has 16 nitrogen and oxygen atoms in total. The topological polar surface area (TPSA) is 179 Å². The third-order valence-electron chi connectivity index (χ3n) is 13.8. The van der Waals surface area contributed by atoms with E-state index in [9.17, 15) is 23.3 Å². The lowest BCUT2D eigenvalue weighted by molar-refractivity contribution is -0.384. The number of carbonyl (C=O) groups is 1. The Bertz CT molecular complexity index is 2810. The van der Waals surface area contributed by atoms with Crippen LogP contribution in [0.4, 0.5) is 17.1 Å². The highest BCUT2D eigenvalue weighted by molar-refractivity contribution is 7.90. The highest BCUT2D eigenvalue weighted by Gasteiger charge is 2.34. The number of hydrogen-bond donors (Lipinski definition) is 3. The third-order valence-corrected chi connectivity index (χ3v) is 15.3. The van der Waals surface area contributed by atoms with Crippen molar-refractivity contribution in [2.75, 3.05) is 82.8 Å². The van der Waals surface area contributed by atoms with Crippen LogP contribution in [0.25, 0.3) is 16.6 Å². The molecule has 354 valence electrons. The van der Waals surface area contributed by atoms with Crippen LogP contribution in [0.1, 0.15) is 62.4 Å². The number of benzene rings is 3. The maximum Gasteiger partial charge on any atom is 0.297 e. The van der Waals surface area contributed by atoms with Crippen LogP contribution in [-0.4, -0.2) is 129 Å². The first-order valence-electron chi connectivity index (χ1n) is 23.0. The summed E-state index contributed by atoms with van der Waals surface area (Å²) in [5.74, 6) is -0.486. The first-order chi connectivity index (χ1) is 32.1. The number of nitrogens with zero attached hydrogens (tertiary/aromatic N) is 6. The molecular formula is C49H58ClN9O7S. The van der Waals surface area contributed by atoms with Crippen molar-refractivity contribution in [3.05, 3.63) is 111 Å². The van der Waals surface area contributed by atoms with Crippen molar-refractivity contribution < 1.29 is 27.6 Å². The quantitative estimate of drug-likeness (QED) is 0.0764. The van der Waals surface area contributed by atoms with E-state index in [0.717, 1.165) is 100 Å². The SMILES string of the molecule is C[C@H]1CN(CC[C@@H]2COc3cc(S(=O)(=O)NC(=O)c4ccc(N5CCN(CC6=C(c7ccc(Cl)cc7)CC(C)(C)CC6)CC5)cc4Oc4cnc5[nH]ccc5c4)cc([N+](=O)[O-])c3N2)CCN1C. The first-order valence-corrected chi connectivity index (χ1v) is 24.8. The number of hydrogen-bond acceptors (Lipinski definition) is 13. The summed E-state index contributed by atoms with van der Waals surface area (Å²) >= 11 is 6.26. The molecule has 0 radical (unpaired) electrons. The Kier molecular flexibility index (Phi) is 13.2. The summed E-state index contributed by atoms with van der Waals surface area (Å²) in [4.78, 5) is 42.3. The summed E-state index contributed by atoms with van der Waals surface area (Å²) in [6, 6.07) is 19.2. The zero-order chi connectivity index (χ0) is 47.0. The number of rotatable bonds is 13. The maximum absolute atomic E-state index is 14.1. The van der Waals surface area contributed by atoms with Gasteiger partial charge in [0.2, 0.25) is 0 Å². The minimum atomic E-state index is -4.66. The van der Waals surface area contributed by atoms with Crippen LogP contribution in [0, 0.1) is 15.5 Å². The number of nitrogens with one attached hydrogen (secondary N) is 3. The zero-order valence-electron chi connectivity index (χ0n) is 38.4. The Morgan fingerprint density at radius 1 is 1.03 bits per heavy atom. The number of nitro groups is 1. The van der Waals surface area contributed by atoms with E-state index in [1.165, 1.54) is 29.0 Å². The molecule has 5 aromatic rings. The Morgan fingerprint density at radius 2 is 1.81 bits per heavy atom. The van der Waals surface area contributed by atoms with Gasteiger partial charge < -0.3 is 34.5 Å². The van der Waals surface area contributed by atoms with Crippen molar-refractivity contribution in [2.45, 2.75) is 63.4 Å². The molecule has 0 bridgehead atoms. The number of fused-ring (bicyclic) bond motifs is 2. The molecule has 1 amide bonds. The summed E-state index contributed by atoms with van der Waals surface area (Å²) in [6.45, 7) is 14.6. The van der Waals surface area contributed by atoms with Crippen molar-refractivity contribution in [1.29, 1.82) is 0 Å². The molecule has 2 fully saturated rings. The molecule has 3 aliphatic heterocycles. The lowest BCUT2D eigenvalue weighted by Crippen LogP contribution is -2.50. The van der Waals surface area contributed by atoms with Gasteiger partial charge in [0.25, 0.3) is 21.6 Å². The summed E-state index contributed by atoms with van der Waals surface area (Å²) in [5, 5.41) is 17.2. The number of carbonyl (C=O) groups excluding carboxylic acids is 1. The first kappa shape index (κ1) is 46.4. The lowest BCUT2D eigenvalue weighted by atomic mass is 9.72. The molecule has 67 heavy (non-hydrogen) atoms. The predicted molar refractivity (Wildman–Crippen MR) is 261 cm³/mol. The van der Waals surface area contributed by atoms with Gasteiger partial charge in [0.15, 0.2) is 11.4 Å². The average molecular weight is 953 g/mol. The van der Waals surface area contributed by atoms with Crippen LogP contribution >= 0.6 is 11.6 Å². The average Bonchev–Trinajstić information content (AvgIpc) is 3.78. The number of nitro benzene ring substituents is 1. The molecule has 5 heterocycles. The Hall–Kier alpha value is -5.72. The number of piperazine rings is 2. The van der Waals surface area contributed by atoms with E-state index in [2.05, 4.69) is 79.6 Å². The van der Waals surface area contributed by atoms with Gasteiger partial charge in [0, 0.05) is 105 Å². The molecule has 1 aliphatic carbocycles. The number of ether oxygens (including phenoxy) is 2. The number of aromatic nitrogens is 2. The molecule has 2 atom stereocenters. The lowest BCUT2D eigenvalue weighted by Gasteiger charge is -2.39. The summed E-state index contributed by atoms with van der Waals surface area (Å²) < 4.78 is 42.4. The van der Waals surface area contributed by atoms with Gasteiger partial charge in [0.1, 0.15) is 23.8 Å². The monoisotopic (exact) mass is 951 g/mol. The highest BCUT2D eigenvalue weighted by atomic mass is 35.5. The van der Waals surface area contributed by atoms with Crippen molar-refractivity contribution in [3.63, 3.8) is 0 Å². The van der Waals surface area contributed by atoms with E-state index >= 15 is 0 Å². The van der Waals surface area contributed by atoms with Crippen molar-refractivity contribution in [2.24, 2.45) is 5.41 Å².